The zero-order valence-corrected chi connectivity index (χ0v) is 30.7. The number of hydrogen-bond acceptors (Lipinski definition) is 8. The van der Waals surface area contributed by atoms with Crippen LogP contribution in [0.25, 0.3) is 0 Å². The van der Waals surface area contributed by atoms with Crippen LogP contribution in [0.4, 0.5) is 0 Å². The fourth-order valence-electron chi connectivity index (χ4n) is 4.77. The first-order valence-electron chi connectivity index (χ1n) is 16.9. The Hall–Kier alpha value is 0.0100. The molecule has 0 heterocycles. The number of ether oxygens (including phenoxy) is 2. The largest absolute Gasteiger partial charge is 1.00 e. The number of phosphoric acid groups is 1. The molecule has 0 rings (SSSR count). The van der Waals surface area contributed by atoms with Crippen LogP contribution in [0, 0.1) is 0 Å². The molecule has 0 saturated heterocycles. The van der Waals surface area contributed by atoms with Gasteiger partial charge in [0.25, 0.3) is 0 Å². The Balaban J connectivity index is 0. The summed E-state index contributed by atoms with van der Waals surface area (Å²) in [7, 11) is -4.57. The normalized spacial score (nSPS) is 13.2. The van der Waals surface area contributed by atoms with Crippen molar-refractivity contribution in [3.05, 3.63) is 0 Å². The number of phosphoric ester groups is 1. The van der Waals surface area contributed by atoms with E-state index < -0.39 is 39.3 Å². The Bertz CT molecular complexity index is 681. The quantitative estimate of drug-likeness (QED) is 0.0341. The maximum absolute atomic E-state index is 12.4. The van der Waals surface area contributed by atoms with Crippen LogP contribution in [0.5, 0.6) is 0 Å². The van der Waals surface area contributed by atoms with E-state index in [4.69, 9.17) is 14.0 Å². The van der Waals surface area contributed by atoms with Gasteiger partial charge in [0.15, 0.2) is 6.10 Å². The van der Waals surface area contributed by atoms with Gasteiger partial charge >= 0.3 is 49.3 Å². The van der Waals surface area contributed by atoms with Crippen LogP contribution in [0.1, 0.15) is 168 Å². The van der Waals surface area contributed by atoms with Gasteiger partial charge in [-0.3, -0.25) is 14.1 Å². The summed E-state index contributed by atoms with van der Waals surface area (Å²) in [5.74, 6) is -0.904. The molecule has 0 radical (unpaired) electrons. The van der Waals surface area contributed by atoms with Crippen LogP contribution in [0.2, 0.25) is 0 Å². The van der Waals surface area contributed by atoms with E-state index in [9.17, 15) is 24.2 Å². The molecule has 9 nitrogen and oxygen atoms in total. The van der Waals surface area contributed by atoms with Gasteiger partial charge in [0, 0.05) is 12.8 Å². The van der Waals surface area contributed by atoms with Crippen molar-refractivity contribution in [2.45, 2.75) is 174 Å². The van der Waals surface area contributed by atoms with E-state index >= 15 is 0 Å². The molecule has 0 fully saturated rings. The fraction of sp³-hybridized carbons (Fsp3) is 0.938. The molecule has 43 heavy (non-hydrogen) atoms. The van der Waals surface area contributed by atoms with Gasteiger partial charge in [-0.25, -0.2) is 4.57 Å². The summed E-state index contributed by atoms with van der Waals surface area (Å²) in [5, 5.41) is 10.5. The molecule has 0 spiro atoms. The number of carbonyl (C=O) groups is 2. The van der Waals surface area contributed by atoms with Gasteiger partial charge in [0.1, 0.15) is 6.61 Å². The monoisotopic (exact) mass is 644 g/mol. The number of rotatable bonds is 32. The molecule has 0 aliphatic rings. The molecular weight excluding hydrogens is 582 g/mol. The molecule has 2 atom stereocenters. The second kappa shape index (κ2) is 33.4. The third-order valence-corrected chi connectivity index (χ3v) is 8.24. The predicted molar refractivity (Wildman–Crippen MR) is 165 cm³/mol. The van der Waals surface area contributed by atoms with Crippen LogP contribution in [-0.2, 0) is 32.7 Å². The van der Waals surface area contributed by atoms with Crippen molar-refractivity contribution >= 4 is 19.8 Å². The van der Waals surface area contributed by atoms with E-state index in [1.807, 2.05) is 0 Å². The molecule has 1 unspecified atom stereocenters. The third kappa shape index (κ3) is 33.2. The summed E-state index contributed by atoms with van der Waals surface area (Å²) in [4.78, 5) is 34.1. The molecule has 0 aromatic heterocycles. The Morgan fingerprint density at radius 1 is 0.605 bits per heavy atom. The standard InChI is InChI=1S/C32H62O9P.Na/c1-3-5-7-9-11-13-15-17-19-21-23-25-31(34)38-27-30(28-39-42(36,37)40-29-33)41-32(35)26-24-22-20-18-16-14-12-10-8-6-4-2;/h30H,3-29H2,1-2H3,(H,36,37);/q-1;+1/t30-;/m1./s1. The van der Waals surface area contributed by atoms with E-state index in [0.29, 0.717) is 6.42 Å². The van der Waals surface area contributed by atoms with E-state index in [1.165, 1.54) is 96.3 Å². The summed E-state index contributed by atoms with van der Waals surface area (Å²) in [5.41, 5.74) is 0. The van der Waals surface area contributed by atoms with Gasteiger partial charge in [-0.2, -0.15) is 0 Å². The van der Waals surface area contributed by atoms with Crippen molar-refractivity contribution in [1.82, 2.24) is 0 Å². The number of carbonyl (C=O) groups excluding carboxylic acids is 2. The molecule has 0 bridgehead atoms. The first kappa shape index (κ1) is 45.1. The van der Waals surface area contributed by atoms with Crippen molar-refractivity contribution in [2.24, 2.45) is 0 Å². The minimum atomic E-state index is -4.57. The van der Waals surface area contributed by atoms with Crippen molar-refractivity contribution in [2.75, 3.05) is 20.0 Å². The zero-order valence-electron chi connectivity index (χ0n) is 27.8. The molecule has 0 saturated carbocycles. The topological polar surface area (TPSA) is 131 Å². The molecule has 0 amide bonds. The van der Waals surface area contributed by atoms with Crippen LogP contribution < -0.4 is 34.7 Å². The third-order valence-electron chi connectivity index (χ3n) is 7.34. The number of hydrogen-bond donors (Lipinski definition) is 1. The average molecular weight is 645 g/mol. The number of unbranched alkanes of at least 4 members (excludes halogenated alkanes) is 20. The smallest absolute Gasteiger partial charge is 0.833 e. The second-order valence-corrected chi connectivity index (χ2v) is 12.8. The van der Waals surface area contributed by atoms with Crippen LogP contribution in [-0.4, -0.2) is 42.9 Å². The zero-order chi connectivity index (χ0) is 31.2. The van der Waals surface area contributed by atoms with Crippen molar-refractivity contribution in [3.8, 4) is 0 Å². The first-order chi connectivity index (χ1) is 20.3. The molecular formula is C32H62NaO9P. The van der Waals surface area contributed by atoms with Crippen LogP contribution in [0.15, 0.2) is 0 Å². The minimum absolute atomic E-state index is 0. The van der Waals surface area contributed by atoms with Gasteiger partial charge in [0.2, 0.25) is 0 Å². The van der Waals surface area contributed by atoms with Crippen molar-refractivity contribution in [3.63, 3.8) is 0 Å². The minimum Gasteiger partial charge on any atom is -0.833 e. The van der Waals surface area contributed by atoms with E-state index in [1.54, 1.807) is 0 Å². The first-order valence-corrected chi connectivity index (χ1v) is 18.4. The molecule has 0 aromatic carbocycles. The Kier molecular flexibility index (Phi) is 35.0. The van der Waals surface area contributed by atoms with Gasteiger partial charge in [-0.15, -0.1) is 0 Å². The van der Waals surface area contributed by atoms with E-state index in [2.05, 4.69) is 18.4 Å². The SMILES string of the molecule is CCCCCCCCCCCCCC(=O)OC[C@H](COP(=O)(O)OC[O-])OC(=O)CCCCCCCCCCCCC.[Na+]. The molecule has 0 aliphatic carbocycles. The molecule has 250 valence electrons. The van der Waals surface area contributed by atoms with E-state index in [-0.39, 0.29) is 49.0 Å². The summed E-state index contributed by atoms with van der Waals surface area (Å²) < 4.78 is 31.3. The molecule has 1 N–H and O–H groups in total. The Morgan fingerprint density at radius 2 is 0.977 bits per heavy atom. The maximum atomic E-state index is 12.4. The second-order valence-electron chi connectivity index (χ2n) is 11.4. The predicted octanol–water partition coefficient (Wildman–Crippen LogP) is 5.30. The maximum Gasteiger partial charge on any atom is 1.00 e. The van der Waals surface area contributed by atoms with Gasteiger partial charge in [-0.1, -0.05) is 142 Å². The fourth-order valence-corrected chi connectivity index (χ4v) is 5.33. The molecule has 0 aromatic rings. The summed E-state index contributed by atoms with van der Waals surface area (Å²) >= 11 is 0. The van der Waals surface area contributed by atoms with Crippen LogP contribution in [0.3, 0.4) is 0 Å². The Morgan fingerprint density at radius 3 is 1.37 bits per heavy atom. The summed E-state index contributed by atoms with van der Waals surface area (Å²) in [6.07, 6.45) is 25.2. The summed E-state index contributed by atoms with van der Waals surface area (Å²) in [6, 6.07) is 0. The van der Waals surface area contributed by atoms with Gasteiger partial charge < -0.3 is 24.0 Å². The summed E-state index contributed by atoms with van der Waals surface area (Å²) in [6.45, 7) is 2.38. The van der Waals surface area contributed by atoms with Gasteiger partial charge in [-0.05, 0) is 19.6 Å². The molecule has 11 heteroatoms. The van der Waals surface area contributed by atoms with Crippen molar-refractivity contribution in [1.29, 1.82) is 0 Å². The molecule has 0 aliphatic heterocycles. The van der Waals surface area contributed by atoms with Crippen molar-refractivity contribution < 1.29 is 72.2 Å². The Labute approximate surface area is 284 Å². The van der Waals surface area contributed by atoms with E-state index in [0.717, 1.165) is 38.5 Å². The number of esters is 2. The average Bonchev–Trinajstić information content (AvgIpc) is 2.96. The van der Waals surface area contributed by atoms with Gasteiger partial charge in [0.05, 0.1) is 6.61 Å². The van der Waals surface area contributed by atoms with Crippen LogP contribution >= 0.6 is 7.82 Å².